The van der Waals surface area contributed by atoms with E-state index in [1.165, 1.54) is 0 Å². The summed E-state index contributed by atoms with van der Waals surface area (Å²) in [4.78, 5) is 4.75. The molecule has 0 aliphatic carbocycles. The maximum atomic E-state index is 6.27. The highest BCUT2D eigenvalue weighted by molar-refractivity contribution is 6.35. The smallest absolute Gasteiger partial charge is 0.160 e. The average molecular weight is 492 g/mol. The van der Waals surface area contributed by atoms with Crippen molar-refractivity contribution in [2.45, 2.75) is 19.6 Å². The summed E-state index contributed by atoms with van der Waals surface area (Å²) >= 11 is 18.5. The molecule has 166 valence electrons. The van der Waals surface area contributed by atoms with Gasteiger partial charge >= 0.3 is 0 Å². The molecule has 0 bridgehead atoms. The third kappa shape index (κ3) is 4.90. The summed E-state index contributed by atoms with van der Waals surface area (Å²) in [6, 6.07) is 16.7. The molecule has 0 amide bonds. The first-order valence-corrected chi connectivity index (χ1v) is 11.1. The van der Waals surface area contributed by atoms with E-state index in [9.17, 15) is 0 Å². The number of aryl methyl sites for hydroxylation is 2. The van der Waals surface area contributed by atoms with Crippen LogP contribution in [-0.2, 0) is 19.6 Å². The topological polar surface area (TPSA) is 45.5 Å². The highest BCUT2D eigenvalue weighted by Crippen LogP contribution is 2.30. The summed E-state index contributed by atoms with van der Waals surface area (Å²) in [5, 5.41) is 1.66. The zero-order valence-corrected chi connectivity index (χ0v) is 19.8. The van der Waals surface area contributed by atoms with Crippen molar-refractivity contribution in [2.75, 3.05) is 14.2 Å². The lowest BCUT2D eigenvalue weighted by Crippen LogP contribution is -2.09. The number of hydrogen-bond acceptors (Lipinski definition) is 4. The van der Waals surface area contributed by atoms with Gasteiger partial charge < -0.3 is 18.8 Å². The van der Waals surface area contributed by atoms with Crippen LogP contribution in [-0.4, -0.2) is 23.8 Å². The van der Waals surface area contributed by atoms with E-state index in [4.69, 9.17) is 54.0 Å². The predicted octanol–water partition coefficient (Wildman–Crippen LogP) is 6.84. The summed E-state index contributed by atoms with van der Waals surface area (Å²) in [7, 11) is 3.25. The number of benzene rings is 3. The minimum absolute atomic E-state index is 0.250. The Balaban J connectivity index is 1.61. The molecule has 0 unspecified atom stereocenters. The third-order valence-corrected chi connectivity index (χ3v) is 5.88. The molecule has 0 saturated heterocycles. The Kier molecular flexibility index (Phi) is 6.99. The fraction of sp³-hybridized carbons (Fsp3) is 0.208. The van der Waals surface area contributed by atoms with Crippen LogP contribution in [0.25, 0.3) is 11.0 Å². The van der Waals surface area contributed by atoms with Crippen LogP contribution >= 0.6 is 34.8 Å². The third-order valence-electron chi connectivity index (χ3n) is 5.11. The fourth-order valence-corrected chi connectivity index (χ4v) is 4.15. The maximum absolute atomic E-state index is 6.27. The molecule has 0 N–H and O–H groups in total. The van der Waals surface area contributed by atoms with E-state index in [0.29, 0.717) is 38.9 Å². The van der Waals surface area contributed by atoms with Gasteiger partial charge in [0.1, 0.15) is 18.2 Å². The van der Waals surface area contributed by atoms with E-state index in [2.05, 4.69) is 4.57 Å². The molecule has 4 rings (SSSR count). The van der Waals surface area contributed by atoms with Crippen LogP contribution < -0.4 is 14.2 Å². The first-order chi connectivity index (χ1) is 15.5. The van der Waals surface area contributed by atoms with Gasteiger partial charge in [-0.25, -0.2) is 4.98 Å². The van der Waals surface area contributed by atoms with Crippen LogP contribution in [0.1, 0.15) is 11.4 Å². The summed E-state index contributed by atoms with van der Waals surface area (Å²) in [6.45, 7) is 0.930. The molecule has 0 saturated carbocycles. The van der Waals surface area contributed by atoms with Crippen molar-refractivity contribution in [2.24, 2.45) is 0 Å². The molecule has 0 aliphatic heterocycles. The number of ether oxygens (including phenoxy) is 3. The van der Waals surface area contributed by atoms with Crippen molar-refractivity contribution in [1.29, 1.82) is 0 Å². The Morgan fingerprint density at radius 3 is 2.28 bits per heavy atom. The van der Waals surface area contributed by atoms with Crippen molar-refractivity contribution < 1.29 is 14.2 Å². The molecule has 1 aromatic heterocycles. The van der Waals surface area contributed by atoms with Gasteiger partial charge in [0.05, 0.1) is 30.3 Å². The van der Waals surface area contributed by atoms with Crippen molar-refractivity contribution in [1.82, 2.24) is 9.55 Å². The van der Waals surface area contributed by atoms with Gasteiger partial charge in [0.25, 0.3) is 0 Å². The first-order valence-electron chi connectivity index (χ1n) is 9.92. The molecule has 0 aliphatic rings. The van der Waals surface area contributed by atoms with Gasteiger partial charge in [-0.2, -0.15) is 0 Å². The summed E-state index contributed by atoms with van der Waals surface area (Å²) in [5.74, 6) is 2.72. The maximum Gasteiger partial charge on any atom is 0.160 e. The van der Waals surface area contributed by atoms with E-state index in [1.807, 2.05) is 36.4 Å². The molecular weight excluding hydrogens is 471 g/mol. The molecule has 5 nitrogen and oxygen atoms in total. The normalized spacial score (nSPS) is 11.0. The molecule has 0 spiro atoms. The number of aromatic nitrogens is 2. The van der Waals surface area contributed by atoms with Gasteiger partial charge in [-0.15, -0.1) is 0 Å². The highest BCUT2D eigenvalue weighted by atomic mass is 35.5. The number of methoxy groups -OCH3 is 2. The lowest BCUT2D eigenvalue weighted by Gasteiger charge is -2.13. The molecule has 1 heterocycles. The Labute approximate surface area is 201 Å². The van der Waals surface area contributed by atoms with E-state index >= 15 is 0 Å². The monoisotopic (exact) mass is 490 g/mol. The van der Waals surface area contributed by atoms with Crippen LogP contribution in [0.4, 0.5) is 0 Å². The largest absolute Gasteiger partial charge is 0.493 e. The molecule has 8 heteroatoms. The van der Waals surface area contributed by atoms with Gasteiger partial charge in [0, 0.05) is 16.6 Å². The van der Waals surface area contributed by atoms with Crippen molar-refractivity contribution >= 4 is 45.8 Å². The summed E-state index contributed by atoms with van der Waals surface area (Å²) in [6.07, 6.45) is 0.757. The number of nitrogens with zero attached hydrogens (tertiary/aromatic N) is 2. The Bertz CT molecular complexity index is 1260. The molecule has 0 atom stereocenters. The average Bonchev–Trinajstić information content (AvgIpc) is 3.13. The van der Waals surface area contributed by atoms with Crippen LogP contribution in [0.3, 0.4) is 0 Å². The van der Waals surface area contributed by atoms with Crippen LogP contribution in [0.5, 0.6) is 17.2 Å². The number of rotatable bonds is 8. The van der Waals surface area contributed by atoms with Gasteiger partial charge in [0.15, 0.2) is 11.5 Å². The molecule has 3 aromatic carbocycles. The van der Waals surface area contributed by atoms with Crippen molar-refractivity contribution in [3.8, 4) is 17.2 Å². The standard InChI is InChI=1S/C24H21Cl3N2O3/c1-30-22-7-3-15(11-23(22)31-2)9-10-29-20-13-17(26)4-6-19(20)28-24(29)14-32-21-8-5-16(25)12-18(21)27/h3-8,11-13H,9-10,14H2,1-2H3. The quantitative estimate of drug-likeness (QED) is 0.271. The molecule has 0 radical (unpaired) electrons. The predicted molar refractivity (Wildman–Crippen MR) is 129 cm³/mol. The van der Waals surface area contributed by atoms with E-state index in [-0.39, 0.29) is 6.61 Å². The SMILES string of the molecule is COc1ccc(CCn2c(COc3ccc(Cl)cc3Cl)nc3ccc(Cl)cc32)cc1OC. The lowest BCUT2D eigenvalue weighted by molar-refractivity contribution is 0.290. The molecular formula is C24H21Cl3N2O3. The number of imidazole rings is 1. The number of fused-ring (bicyclic) bond motifs is 1. The second kappa shape index (κ2) is 9.90. The van der Waals surface area contributed by atoms with Gasteiger partial charge in [-0.05, 0) is 60.5 Å². The Hall–Kier alpha value is -2.60. The van der Waals surface area contributed by atoms with Crippen molar-refractivity contribution in [3.05, 3.63) is 81.1 Å². The molecule has 32 heavy (non-hydrogen) atoms. The second-order valence-electron chi connectivity index (χ2n) is 7.12. The van der Waals surface area contributed by atoms with Crippen LogP contribution in [0.2, 0.25) is 15.1 Å². The zero-order valence-electron chi connectivity index (χ0n) is 17.6. The molecule has 0 fully saturated rings. The zero-order chi connectivity index (χ0) is 22.7. The second-order valence-corrected chi connectivity index (χ2v) is 8.40. The lowest BCUT2D eigenvalue weighted by atomic mass is 10.1. The van der Waals surface area contributed by atoms with Crippen LogP contribution in [0, 0.1) is 0 Å². The number of hydrogen-bond donors (Lipinski definition) is 0. The molecule has 4 aromatic rings. The van der Waals surface area contributed by atoms with Crippen molar-refractivity contribution in [3.63, 3.8) is 0 Å². The number of halogens is 3. The highest BCUT2D eigenvalue weighted by Gasteiger charge is 2.14. The Morgan fingerprint density at radius 2 is 1.53 bits per heavy atom. The van der Waals surface area contributed by atoms with E-state index < -0.39 is 0 Å². The van der Waals surface area contributed by atoms with E-state index in [1.54, 1.807) is 32.4 Å². The van der Waals surface area contributed by atoms with Gasteiger partial charge in [-0.1, -0.05) is 40.9 Å². The van der Waals surface area contributed by atoms with E-state index in [0.717, 1.165) is 28.8 Å². The van der Waals surface area contributed by atoms with Crippen LogP contribution in [0.15, 0.2) is 54.6 Å². The summed E-state index contributed by atoms with van der Waals surface area (Å²) < 4.78 is 18.8. The minimum Gasteiger partial charge on any atom is -0.493 e. The Morgan fingerprint density at radius 1 is 0.812 bits per heavy atom. The first kappa shape index (κ1) is 22.6. The fourth-order valence-electron chi connectivity index (χ4n) is 3.52. The van der Waals surface area contributed by atoms with Gasteiger partial charge in [0.2, 0.25) is 0 Å². The minimum atomic E-state index is 0.250. The summed E-state index contributed by atoms with van der Waals surface area (Å²) in [5.41, 5.74) is 2.90. The van der Waals surface area contributed by atoms with Gasteiger partial charge in [-0.3, -0.25) is 0 Å².